The Hall–Kier alpha value is -0.840. The minimum atomic E-state index is -0.115. The zero-order valence-corrected chi connectivity index (χ0v) is 10.6. The summed E-state index contributed by atoms with van der Waals surface area (Å²) < 4.78 is 1.76. The topological polar surface area (TPSA) is 46.9 Å². The molecule has 1 rings (SSSR count). The first-order valence-electron chi connectivity index (χ1n) is 5.03. The van der Waals surface area contributed by atoms with Gasteiger partial charge in [-0.3, -0.25) is 4.79 Å². The van der Waals surface area contributed by atoms with E-state index in [4.69, 9.17) is 0 Å². The number of nitrogens with one attached hydrogen (secondary N) is 1. The van der Waals surface area contributed by atoms with Crippen LogP contribution >= 0.6 is 15.9 Å². The number of hydrogen-bond donors (Lipinski definition) is 1. The van der Waals surface area contributed by atoms with E-state index in [9.17, 15) is 4.79 Å². The molecule has 84 valence electrons. The first-order chi connectivity index (χ1) is 7.13. The van der Waals surface area contributed by atoms with E-state index < -0.39 is 0 Å². The number of rotatable bonds is 5. The van der Waals surface area contributed by atoms with Crippen LogP contribution in [0.25, 0.3) is 0 Å². The normalized spacial score (nSPS) is 12.5. The van der Waals surface area contributed by atoms with Gasteiger partial charge in [0.15, 0.2) is 0 Å². The summed E-state index contributed by atoms with van der Waals surface area (Å²) in [6, 6.07) is 0. The van der Waals surface area contributed by atoms with Crippen molar-refractivity contribution in [3.8, 4) is 0 Å². The fraction of sp³-hybridized carbons (Fsp3) is 0.600. The summed E-state index contributed by atoms with van der Waals surface area (Å²) in [4.78, 5) is 15.9. The summed E-state index contributed by atoms with van der Waals surface area (Å²) in [6.45, 7) is 2.76. The van der Waals surface area contributed by atoms with Crippen molar-refractivity contribution in [2.45, 2.75) is 24.6 Å². The van der Waals surface area contributed by atoms with Gasteiger partial charge in [0.2, 0.25) is 0 Å². The minimum absolute atomic E-state index is 0.115. The van der Waals surface area contributed by atoms with E-state index >= 15 is 0 Å². The second-order valence-electron chi connectivity index (χ2n) is 3.52. The van der Waals surface area contributed by atoms with Gasteiger partial charge in [0.1, 0.15) is 5.69 Å². The third-order valence-corrected chi connectivity index (χ3v) is 2.81. The van der Waals surface area contributed by atoms with E-state index in [1.54, 1.807) is 17.1 Å². The van der Waals surface area contributed by atoms with Gasteiger partial charge in [0.25, 0.3) is 5.91 Å². The zero-order chi connectivity index (χ0) is 11.3. The Morgan fingerprint density at radius 2 is 2.47 bits per heavy atom. The molecule has 1 aromatic rings. The molecule has 15 heavy (non-hydrogen) atoms. The predicted octanol–water partition coefficient (Wildman–Crippen LogP) is 1.71. The molecule has 0 aromatic carbocycles. The SMILES string of the molecule is CCCC(Br)CNC(=O)c1cn(C)cn1. The van der Waals surface area contributed by atoms with Crippen LogP contribution in [0.3, 0.4) is 0 Å². The maximum absolute atomic E-state index is 11.6. The highest BCUT2D eigenvalue weighted by Crippen LogP contribution is 2.06. The third kappa shape index (κ3) is 4.03. The quantitative estimate of drug-likeness (QED) is 0.831. The molecular weight excluding hydrogens is 258 g/mol. The van der Waals surface area contributed by atoms with Crippen molar-refractivity contribution in [1.29, 1.82) is 0 Å². The van der Waals surface area contributed by atoms with Gasteiger partial charge in [-0.15, -0.1) is 0 Å². The lowest BCUT2D eigenvalue weighted by Crippen LogP contribution is -2.29. The van der Waals surface area contributed by atoms with Crippen LogP contribution < -0.4 is 5.32 Å². The molecule has 1 heterocycles. The van der Waals surface area contributed by atoms with Crippen LogP contribution in [0, 0.1) is 0 Å². The molecule has 0 aliphatic rings. The smallest absolute Gasteiger partial charge is 0.271 e. The van der Waals surface area contributed by atoms with Crippen molar-refractivity contribution in [3.05, 3.63) is 18.2 Å². The Kier molecular flexibility index (Phi) is 4.81. The monoisotopic (exact) mass is 273 g/mol. The van der Waals surface area contributed by atoms with Crippen molar-refractivity contribution in [2.75, 3.05) is 6.54 Å². The number of carbonyl (C=O) groups is 1. The Labute approximate surface area is 98.2 Å². The molecule has 0 bridgehead atoms. The van der Waals surface area contributed by atoms with Gasteiger partial charge >= 0.3 is 0 Å². The molecular formula is C10H16BrN3O. The third-order valence-electron chi connectivity index (χ3n) is 2.02. The van der Waals surface area contributed by atoms with E-state index in [-0.39, 0.29) is 5.91 Å². The molecule has 1 atom stereocenters. The molecule has 0 radical (unpaired) electrons. The van der Waals surface area contributed by atoms with Crippen LogP contribution in [-0.2, 0) is 7.05 Å². The average molecular weight is 274 g/mol. The van der Waals surface area contributed by atoms with Gasteiger partial charge in [0.05, 0.1) is 6.33 Å². The summed E-state index contributed by atoms with van der Waals surface area (Å²) in [5, 5.41) is 2.84. The summed E-state index contributed by atoms with van der Waals surface area (Å²) in [5.41, 5.74) is 0.466. The van der Waals surface area contributed by atoms with Gasteiger partial charge in [-0.25, -0.2) is 4.98 Å². The molecule has 0 spiro atoms. The number of alkyl halides is 1. The molecule has 0 saturated carbocycles. The predicted molar refractivity (Wildman–Crippen MR) is 63.2 cm³/mol. The highest BCUT2D eigenvalue weighted by Gasteiger charge is 2.10. The Morgan fingerprint density at radius 1 is 1.73 bits per heavy atom. The standard InChI is InChI=1S/C10H16BrN3O/c1-3-4-8(11)5-12-10(15)9-6-14(2)7-13-9/h6-8H,3-5H2,1-2H3,(H,12,15). The number of carbonyl (C=O) groups excluding carboxylic acids is 1. The van der Waals surface area contributed by atoms with Crippen molar-refractivity contribution in [1.82, 2.24) is 14.9 Å². The van der Waals surface area contributed by atoms with E-state index in [1.165, 1.54) is 0 Å². The molecule has 0 saturated heterocycles. The van der Waals surface area contributed by atoms with Crippen LogP contribution in [-0.4, -0.2) is 26.8 Å². The van der Waals surface area contributed by atoms with Crippen LogP contribution in [0.15, 0.2) is 12.5 Å². The lowest BCUT2D eigenvalue weighted by Gasteiger charge is -2.08. The molecule has 0 aliphatic heterocycles. The van der Waals surface area contributed by atoms with Crippen molar-refractivity contribution in [3.63, 3.8) is 0 Å². The number of hydrogen-bond acceptors (Lipinski definition) is 2. The fourth-order valence-electron chi connectivity index (χ4n) is 1.24. The maximum Gasteiger partial charge on any atom is 0.271 e. The van der Waals surface area contributed by atoms with E-state index in [0.717, 1.165) is 12.8 Å². The lowest BCUT2D eigenvalue weighted by molar-refractivity contribution is 0.0949. The van der Waals surface area contributed by atoms with Crippen molar-refractivity contribution >= 4 is 21.8 Å². The van der Waals surface area contributed by atoms with E-state index in [2.05, 4.69) is 33.2 Å². The van der Waals surface area contributed by atoms with Crippen molar-refractivity contribution < 1.29 is 4.79 Å². The second-order valence-corrected chi connectivity index (χ2v) is 4.82. The zero-order valence-electron chi connectivity index (χ0n) is 9.03. The largest absolute Gasteiger partial charge is 0.350 e. The first-order valence-corrected chi connectivity index (χ1v) is 5.95. The molecule has 1 N–H and O–H groups in total. The lowest BCUT2D eigenvalue weighted by atomic mass is 10.2. The van der Waals surface area contributed by atoms with Crippen LogP contribution in [0.1, 0.15) is 30.3 Å². The number of imidazole rings is 1. The fourth-order valence-corrected chi connectivity index (χ4v) is 1.86. The maximum atomic E-state index is 11.6. The van der Waals surface area contributed by atoms with E-state index in [0.29, 0.717) is 17.1 Å². The van der Waals surface area contributed by atoms with Gasteiger partial charge in [-0.1, -0.05) is 29.3 Å². The number of aromatic nitrogens is 2. The minimum Gasteiger partial charge on any atom is -0.350 e. The van der Waals surface area contributed by atoms with Gasteiger partial charge in [0, 0.05) is 24.6 Å². The highest BCUT2D eigenvalue weighted by molar-refractivity contribution is 9.09. The molecule has 1 unspecified atom stereocenters. The Morgan fingerprint density at radius 3 is 3.00 bits per heavy atom. The van der Waals surface area contributed by atoms with Gasteiger partial charge < -0.3 is 9.88 Å². The molecule has 4 nitrogen and oxygen atoms in total. The van der Waals surface area contributed by atoms with Crippen LogP contribution in [0.5, 0.6) is 0 Å². The molecule has 1 amide bonds. The highest BCUT2D eigenvalue weighted by atomic mass is 79.9. The molecule has 0 aliphatic carbocycles. The molecule has 1 aromatic heterocycles. The van der Waals surface area contributed by atoms with E-state index in [1.807, 2.05) is 7.05 Å². The molecule has 5 heteroatoms. The van der Waals surface area contributed by atoms with Crippen molar-refractivity contribution in [2.24, 2.45) is 7.05 Å². The Bertz CT molecular complexity index is 324. The summed E-state index contributed by atoms with van der Waals surface area (Å²) in [6.07, 6.45) is 5.49. The number of amides is 1. The summed E-state index contributed by atoms with van der Waals surface area (Å²) >= 11 is 3.50. The first kappa shape index (κ1) is 12.2. The number of halogens is 1. The van der Waals surface area contributed by atoms with Gasteiger partial charge in [-0.2, -0.15) is 0 Å². The summed E-state index contributed by atoms with van der Waals surface area (Å²) in [7, 11) is 1.84. The molecule has 0 fully saturated rings. The number of aryl methyl sites for hydroxylation is 1. The summed E-state index contributed by atoms with van der Waals surface area (Å²) in [5.74, 6) is -0.115. The van der Waals surface area contributed by atoms with Crippen LogP contribution in [0.4, 0.5) is 0 Å². The van der Waals surface area contributed by atoms with Crippen LogP contribution in [0.2, 0.25) is 0 Å². The second kappa shape index (κ2) is 5.90. The Balaban J connectivity index is 2.36. The van der Waals surface area contributed by atoms with Gasteiger partial charge in [-0.05, 0) is 6.42 Å². The number of nitrogens with zero attached hydrogens (tertiary/aromatic N) is 2. The average Bonchev–Trinajstić information content (AvgIpc) is 2.62.